The van der Waals surface area contributed by atoms with E-state index in [1.54, 1.807) is 5.57 Å². The molecule has 0 bridgehead atoms. The summed E-state index contributed by atoms with van der Waals surface area (Å²) in [6, 6.07) is 0. The first-order valence-corrected chi connectivity index (χ1v) is 7.95. The van der Waals surface area contributed by atoms with Gasteiger partial charge in [-0.15, -0.1) is 11.6 Å². The Kier molecular flexibility index (Phi) is 5.56. The molecule has 0 radical (unpaired) electrons. The van der Waals surface area contributed by atoms with Crippen molar-refractivity contribution >= 4 is 17.7 Å². The van der Waals surface area contributed by atoms with E-state index in [0.29, 0.717) is 24.9 Å². The number of carbonyl (C=O) groups is 1. The summed E-state index contributed by atoms with van der Waals surface area (Å²) in [5, 5.41) is 2.64. The molecule has 0 heterocycles. The van der Waals surface area contributed by atoms with Crippen molar-refractivity contribution in [3.05, 3.63) is 11.6 Å². The lowest BCUT2D eigenvalue weighted by Crippen LogP contribution is -2.30. The normalized spacial score (nSPS) is 29.6. The second kappa shape index (κ2) is 7.18. The molecule has 2 rings (SSSR count). The van der Waals surface area contributed by atoms with Gasteiger partial charge in [-0.05, 0) is 49.9 Å². The molecule has 2 aliphatic rings. The molecule has 0 spiro atoms. The minimum Gasteiger partial charge on any atom is -0.449 e. The molecule has 2 aliphatic carbocycles. The first-order valence-electron chi connectivity index (χ1n) is 7.41. The maximum atomic E-state index is 11.4. The van der Waals surface area contributed by atoms with Crippen molar-refractivity contribution in [3.8, 4) is 0 Å². The average molecular weight is 286 g/mol. The van der Waals surface area contributed by atoms with E-state index >= 15 is 0 Å². The van der Waals surface area contributed by atoms with E-state index in [1.807, 2.05) is 0 Å². The van der Waals surface area contributed by atoms with Crippen LogP contribution in [-0.2, 0) is 4.74 Å². The van der Waals surface area contributed by atoms with Gasteiger partial charge in [0.2, 0.25) is 0 Å². The maximum absolute atomic E-state index is 11.4. The molecule has 0 aromatic carbocycles. The van der Waals surface area contributed by atoms with E-state index in [-0.39, 0.29) is 6.09 Å². The molecular formula is C15H24ClNO2. The zero-order valence-corrected chi connectivity index (χ0v) is 12.4. The van der Waals surface area contributed by atoms with Crippen molar-refractivity contribution in [1.29, 1.82) is 0 Å². The van der Waals surface area contributed by atoms with Gasteiger partial charge in [0, 0.05) is 12.4 Å². The Bertz CT molecular complexity index is 343. The van der Waals surface area contributed by atoms with Crippen molar-refractivity contribution in [2.75, 3.05) is 19.0 Å². The number of hydrogen-bond donors (Lipinski definition) is 1. The number of amides is 1. The molecule has 3 unspecified atom stereocenters. The first kappa shape index (κ1) is 14.7. The van der Waals surface area contributed by atoms with Crippen molar-refractivity contribution in [2.45, 2.75) is 39.0 Å². The summed E-state index contributed by atoms with van der Waals surface area (Å²) < 4.78 is 5.32. The fourth-order valence-corrected chi connectivity index (χ4v) is 3.75. The van der Waals surface area contributed by atoms with Crippen LogP contribution in [0.1, 0.15) is 39.0 Å². The van der Waals surface area contributed by atoms with E-state index in [0.717, 1.165) is 11.8 Å². The molecule has 1 N–H and O–H groups in total. The predicted molar refractivity (Wildman–Crippen MR) is 77.4 cm³/mol. The number of carbonyl (C=O) groups excluding carboxylic acids is 1. The summed E-state index contributed by atoms with van der Waals surface area (Å²) >= 11 is 5.52. The molecule has 1 amide bonds. The van der Waals surface area contributed by atoms with Crippen LogP contribution in [0.5, 0.6) is 0 Å². The molecule has 0 aliphatic heterocycles. The van der Waals surface area contributed by atoms with Gasteiger partial charge in [-0.25, -0.2) is 4.79 Å². The number of allylic oxidation sites excluding steroid dienone is 2. The summed E-state index contributed by atoms with van der Waals surface area (Å²) in [5.74, 6) is 2.44. The van der Waals surface area contributed by atoms with E-state index in [2.05, 4.69) is 18.3 Å². The molecule has 3 atom stereocenters. The second-order valence-electron chi connectivity index (χ2n) is 5.53. The van der Waals surface area contributed by atoms with Crippen molar-refractivity contribution in [3.63, 3.8) is 0 Å². The molecular weight excluding hydrogens is 262 g/mol. The highest BCUT2D eigenvalue weighted by Gasteiger charge is 2.39. The summed E-state index contributed by atoms with van der Waals surface area (Å²) in [6.07, 6.45) is 8.18. The lowest BCUT2D eigenvalue weighted by Gasteiger charge is -2.30. The summed E-state index contributed by atoms with van der Waals surface area (Å²) in [6.45, 7) is 3.28. The molecule has 1 saturated carbocycles. The Morgan fingerprint density at radius 3 is 3.05 bits per heavy atom. The minimum atomic E-state index is -0.328. The number of hydrogen-bond acceptors (Lipinski definition) is 2. The number of alkyl halides is 1. The number of alkyl carbamates (subject to hydrolysis) is 1. The van der Waals surface area contributed by atoms with Gasteiger partial charge in [0.05, 0.1) is 6.61 Å². The van der Waals surface area contributed by atoms with Crippen molar-refractivity contribution < 1.29 is 9.53 Å². The first-order chi connectivity index (χ1) is 9.26. The number of fused-ring (bicyclic) bond motifs is 1. The Labute approximate surface area is 120 Å². The lowest BCUT2D eigenvalue weighted by atomic mass is 9.77. The largest absolute Gasteiger partial charge is 0.449 e. The zero-order chi connectivity index (χ0) is 13.7. The van der Waals surface area contributed by atoms with Crippen LogP contribution in [0, 0.1) is 17.8 Å². The van der Waals surface area contributed by atoms with Crippen molar-refractivity contribution in [2.24, 2.45) is 17.8 Å². The molecule has 0 saturated heterocycles. The number of halogens is 1. The lowest BCUT2D eigenvalue weighted by molar-refractivity contribution is 0.111. The number of rotatable bonds is 5. The van der Waals surface area contributed by atoms with E-state index in [9.17, 15) is 4.79 Å². The summed E-state index contributed by atoms with van der Waals surface area (Å²) in [5.41, 5.74) is 1.63. The molecule has 108 valence electrons. The highest BCUT2D eigenvalue weighted by atomic mass is 35.5. The highest BCUT2D eigenvalue weighted by molar-refractivity contribution is 6.18. The van der Waals surface area contributed by atoms with Gasteiger partial charge in [-0.1, -0.05) is 18.6 Å². The molecule has 0 aromatic heterocycles. The van der Waals surface area contributed by atoms with E-state index < -0.39 is 0 Å². The topological polar surface area (TPSA) is 38.3 Å². The number of ether oxygens (including phenoxy) is 1. The fourth-order valence-electron chi connectivity index (χ4n) is 3.66. The molecule has 4 heteroatoms. The predicted octanol–water partition coefficient (Wildman–Crippen LogP) is 3.72. The van der Waals surface area contributed by atoms with Crippen molar-refractivity contribution in [1.82, 2.24) is 5.32 Å². The second-order valence-corrected chi connectivity index (χ2v) is 5.91. The van der Waals surface area contributed by atoms with E-state index in [1.165, 1.54) is 32.1 Å². The zero-order valence-electron chi connectivity index (χ0n) is 11.7. The molecule has 19 heavy (non-hydrogen) atoms. The van der Waals surface area contributed by atoms with Crippen LogP contribution in [0.2, 0.25) is 0 Å². The highest BCUT2D eigenvalue weighted by Crippen LogP contribution is 2.47. The van der Waals surface area contributed by atoms with Gasteiger partial charge in [-0.3, -0.25) is 0 Å². The Balaban J connectivity index is 1.80. The van der Waals surface area contributed by atoms with Gasteiger partial charge < -0.3 is 10.1 Å². The van der Waals surface area contributed by atoms with Crippen LogP contribution >= 0.6 is 11.6 Å². The standard InChI is InChI=1S/C15H24ClNO2/c1-2-11-4-3-5-13-12(6-7-14(11)13)10-19-15(18)17-9-8-16/h4,12-14H,2-3,5-10H2,1H3,(H,17,18). The third-order valence-electron chi connectivity index (χ3n) is 4.55. The number of nitrogens with one attached hydrogen (secondary N) is 1. The smallest absolute Gasteiger partial charge is 0.407 e. The Hall–Kier alpha value is -0.700. The molecule has 3 nitrogen and oxygen atoms in total. The van der Waals surface area contributed by atoms with Crippen LogP contribution < -0.4 is 5.32 Å². The van der Waals surface area contributed by atoms with E-state index in [4.69, 9.17) is 16.3 Å². The van der Waals surface area contributed by atoms with Gasteiger partial charge in [-0.2, -0.15) is 0 Å². The monoisotopic (exact) mass is 285 g/mol. The van der Waals surface area contributed by atoms with Gasteiger partial charge in [0.25, 0.3) is 0 Å². The molecule has 0 aromatic rings. The van der Waals surface area contributed by atoms with Gasteiger partial charge >= 0.3 is 6.09 Å². The molecule has 1 fully saturated rings. The van der Waals surface area contributed by atoms with Crippen LogP contribution in [0.4, 0.5) is 4.79 Å². The van der Waals surface area contributed by atoms with Gasteiger partial charge in [0.15, 0.2) is 0 Å². The minimum absolute atomic E-state index is 0.328. The van der Waals surface area contributed by atoms with Gasteiger partial charge in [0.1, 0.15) is 0 Å². The van der Waals surface area contributed by atoms with Crippen LogP contribution in [0.15, 0.2) is 11.6 Å². The van der Waals surface area contributed by atoms with Crippen LogP contribution in [0.25, 0.3) is 0 Å². The fraction of sp³-hybridized carbons (Fsp3) is 0.800. The summed E-state index contributed by atoms with van der Waals surface area (Å²) in [7, 11) is 0. The quantitative estimate of drug-likeness (QED) is 0.617. The van der Waals surface area contributed by atoms with Crippen LogP contribution in [0.3, 0.4) is 0 Å². The average Bonchev–Trinajstić information content (AvgIpc) is 2.86. The van der Waals surface area contributed by atoms with Crippen LogP contribution in [-0.4, -0.2) is 25.1 Å². The maximum Gasteiger partial charge on any atom is 0.407 e. The third-order valence-corrected chi connectivity index (χ3v) is 4.74. The SMILES string of the molecule is CCC1=CCCC2C(COC(=O)NCCCl)CCC12. The Morgan fingerprint density at radius 1 is 1.47 bits per heavy atom. The third kappa shape index (κ3) is 3.65. The Morgan fingerprint density at radius 2 is 2.32 bits per heavy atom. The summed E-state index contributed by atoms with van der Waals surface area (Å²) in [4.78, 5) is 11.4.